The molecule has 1 heterocycles. The van der Waals surface area contributed by atoms with Crippen LogP contribution in [0.1, 0.15) is 28.0 Å². The van der Waals surface area contributed by atoms with Crippen LogP contribution in [0.25, 0.3) is 0 Å². The molecule has 3 aromatic rings. The van der Waals surface area contributed by atoms with Crippen LogP contribution in [0.15, 0.2) is 66.9 Å². The Morgan fingerprint density at radius 1 is 1.00 bits per heavy atom. The molecule has 4 N–H and O–H groups in total. The van der Waals surface area contributed by atoms with Gasteiger partial charge in [0.2, 0.25) is 0 Å². The summed E-state index contributed by atoms with van der Waals surface area (Å²) in [4.78, 5) is 33.6. The van der Waals surface area contributed by atoms with Crippen LogP contribution in [0.2, 0.25) is 0 Å². The van der Waals surface area contributed by atoms with Gasteiger partial charge in [0.25, 0.3) is 5.91 Å². The van der Waals surface area contributed by atoms with Crippen molar-refractivity contribution in [3.05, 3.63) is 83.7 Å². The van der Waals surface area contributed by atoms with Crippen molar-refractivity contribution in [1.82, 2.24) is 14.8 Å². The summed E-state index contributed by atoms with van der Waals surface area (Å²) >= 11 is 0. The second kappa shape index (κ2) is 12.2. The number of nitrogens with one attached hydrogen (secondary N) is 2. The first-order valence-corrected chi connectivity index (χ1v) is 11.2. The number of hydrogen-bond donors (Lipinski definition) is 3. The molecule has 0 saturated carbocycles. The summed E-state index contributed by atoms with van der Waals surface area (Å²) in [5.41, 5.74) is 9.05. The van der Waals surface area contributed by atoms with Gasteiger partial charge in [-0.3, -0.25) is 9.78 Å². The summed E-state index contributed by atoms with van der Waals surface area (Å²) < 4.78 is 0. The summed E-state index contributed by atoms with van der Waals surface area (Å²) in [7, 11) is 3.97. The normalized spacial score (nSPS) is 10.5. The maximum atomic E-state index is 13.0. The van der Waals surface area contributed by atoms with Crippen molar-refractivity contribution in [2.45, 2.75) is 13.0 Å². The molecule has 9 heteroatoms. The summed E-state index contributed by atoms with van der Waals surface area (Å²) in [5, 5.41) is 14.6. The van der Waals surface area contributed by atoms with E-state index in [0.29, 0.717) is 35.7 Å². The first kappa shape index (κ1) is 25.2. The Balaban J connectivity index is 1.67. The Labute approximate surface area is 205 Å². The number of nitriles is 1. The fraction of sp³-hybridized carbons (Fsp3) is 0.231. The molecule has 3 amide bonds. The zero-order valence-corrected chi connectivity index (χ0v) is 19.9. The van der Waals surface area contributed by atoms with Crippen LogP contribution < -0.4 is 16.4 Å². The van der Waals surface area contributed by atoms with Crippen LogP contribution in [-0.2, 0) is 6.54 Å². The molecular formula is C26H29N7O2. The number of urea groups is 1. The lowest BCUT2D eigenvalue weighted by Crippen LogP contribution is -2.36. The fourth-order valence-electron chi connectivity index (χ4n) is 3.33. The SMILES string of the molecule is CN(C)CCCN(Cc1ccc(C(=O)Nc2ccccc2N)nc1)C(=O)Nc1ccc(C#N)cc1. The smallest absolute Gasteiger partial charge is 0.322 e. The van der Waals surface area contributed by atoms with Gasteiger partial charge in [-0.1, -0.05) is 18.2 Å². The van der Waals surface area contributed by atoms with Crippen molar-refractivity contribution >= 4 is 29.0 Å². The molecule has 35 heavy (non-hydrogen) atoms. The van der Waals surface area contributed by atoms with Gasteiger partial charge in [0.15, 0.2) is 0 Å². The summed E-state index contributed by atoms with van der Waals surface area (Å²) in [6.45, 7) is 1.70. The van der Waals surface area contributed by atoms with E-state index in [1.807, 2.05) is 14.1 Å². The lowest BCUT2D eigenvalue weighted by molar-refractivity contribution is 0.102. The Bertz CT molecular complexity index is 1190. The van der Waals surface area contributed by atoms with Crippen LogP contribution >= 0.6 is 0 Å². The minimum Gasteiger partial charge on any atom is -0.397 e. The summed E-state index contributed by atoms with van der Waals surface area (Å²) in [6, 6.07) is 18.9. The number of nitrogen functional groups attached to an aromatic ring is 1. The van der Waals surface area contributed by atoms with Crippen molar-refractivity contribution in [1.29, 1.82) is 5.26 Å². The molecular weight excluding hydrogens is 442 g/mol. The highest BCUT2D eigenvalue weighted by molar-refractivity contribution is 6.04. The highest BCUT2D eigenvalue weighted by atomic mass is 16.2. The van der Waals surface area contributed by atoms with E-state index < -0.39 is 0 Å². The van der Waals surface area contributed by atoms with Gasteiger partial charge >= 0.3 is 6.03 Å². The minimum atomic E-state index is -0.365. The van der Waals surface area contributed by atoms with Crippen LogP contribution in [0.5, 0.6) is 0 Å². The number of nitrogens with zero attached hydrogens (tertiary/aromatic N) is 4. The number of nitrogens with two attached hydrogens (primary N) is 1. The molecule has 0 saturated heterocycles. The first-order chi connectivity index (χ1) is 16.9. The Morgan fingerprint density at radius 2 is 1.74 bits per heavy atom. The van der Waals surface area contributed by atoms with E-state index in [-0.39, 0.29) is 17.6 Å². The Morgan fingerprint density at radius 3 is 2.37 bits per heavy atom. The maximum absolute atomic E-state index is 13.0. The lowest BCUT2D eigenvalue weighted by atomic mass is 10.2. The van der Waals surface area contributed by atoms with Crippen LogP contribution in [0.3, 0.4) is 0 Å². The van der Waals surface area contributed by atoms with Gasteiger partial charge in [-0.05, 0) is 75.1 Å². The van der Waals surface area contributed by atoms with Gasteiger partial charge in [0, 0.05) is 25.0 Å². The molecule has 180 valence electrons. The average molecular weight is 472 g/mol. The minimum absolute atomic E-state index is 0.248. The molecule has 0 spiro atoms. The molecule has 0 radical (unpaired) electrons. The third-order valence-corrected chi connectivity index (χ3v) is 5.23. The Hall–Kier alpha value is -4.42. The lowest BCUT2D eigenvalue weighted by Gasteiger charge is -2.24. The van der Waals surface area contributed by atoms with Gasteiger partial charge < -0.3 is 26.2 Å². The van der Waals surface area contributed by atoms with Gasteiger partial charge in [-0.2, -0.15) is 5.26 Å². The predicted molar refractivity (Wildman–Crippen MR) is 137 cm³/mol. The number of benzene rings is 2. The zero-order valence-electron chi connectivity index (χ0n) is 19.9. The third-order valence-electron chi connectivity index (χ3n) is 5.23. The molecule has 0 aliphatic carbocycles. The van der Waals surface area contributed by atoms with Crippen molar-refractivity contribution in [3.8, 4) is 6.07 Å². The number of aromatic nitrogens is 1. The zero-order chi connectivity index (χ0) is 25.2. The van der Waals surface area contributed by atoms with E-state index >= 15 is 0 Å². The molecule has 3 rings (SSSR count). The summed E-state index contributed by atoms with van der Waals surface area (Å²) in [6.07, 6.45) is 2.39. The number of para-hydroxylation sites is 2. The maximum Gasteiger partial charge on any atom is 0.322 e. The first-order valence-electron chi connectivity index (χ1n) is 11.2. The molecule has 0 bridgehead atoms. The standard InChI is InChI=1S/C26H29N7O2/c1-32(2)14-5-15-33(26(35)30-21-11-8-19(16-27)9-12-21)18-20-10-13-24(29-17-20)25(34)31-23-7-4-3-6-22(23)28/h3-4,6-13,17H,5,14-15,18,28H2,1-2H3,(H,30,35)(H,31,34). The van der Waals surface area contributed by atoms with E-state index in [0.717, 1.165) is 18.5 Å². The monoisotopic (exact) mass is 471 g/mol. The van der Waals surface area contributed by atoms with Crippen LogP contribution in [0, 0.1) is 11.3 Å². The second-order valence-corrected chi connectivity index (χ2v) is 8.29. The highest BCUT2D eigenvalue weighted by Crippen LogP contribution is 2.18. The number of amides is 3. The van der Waals surface area contributed by atoms with Gasteiger partial charge in [0.05, 0.1) is 23.0 Å². The van der Waals surface area contributed by atoms with E-state index in [9.17, 15) is 9.59 Å². The third kappa shape index (κ3) is 7.55. The predicted octanol–water partition coefficient (Wildman–Crippen LogP) is 3.77. The molecule has 1 aromatic heterocycles. The topological polar surface area (TPSA) is 127 Å². The quantitative estimate of drug-likeness (QED) is 0.408. The van der Waals surface area contributed by atoms with Gasteiger partial charge in [-0.25, -0.2) is 4.79 Å². The number of carbonyl (C=O) groups is 2. The second-order valence-electron chi connectivity index (χ2n) is 8.29. The van der Waals surface area contributed by atoms with Crippen LogP contribution in [-0.4, -0.2) is 53.9 Å². The van der Waals surface area contributed by atoms with Crippen molar-refractivity contribution in [3.63, 3.8) is 0 Å². The van der Waals surface area contributed by atoms with Gasteiger partial charge in [-0.15, -0.1) is 0 Å². The fourth-order valence-corrected chi connectivity index (χ4v) is 3.33. The molecule has 9 nitrogen and oxygen atoms in total. The number of anilines is 3. The summed E-state index contributed by atoms with van der Waals surface area (Å²) in [5.74, 6) is -0.365. The molecule has 0 atom stereocenters. The number of rotatable bonds is 9. The molecule has 0 aliphatic heterocycles. The molecule has 2 aromatic carbocycles. The molecule has 0 unspecified atom stereocenters. The average Bonchev–Trinajstić information content (AvgIpc) is 2.85. The number of pyridine rings is 1. The van der Waals surface area contributed by atoms with Crippen molar-refractivity contribution in [2.24, 2.45) is 0 Å². The number of carbonyl (C=O) groups excluding carboxylic acids is 2. The van der Waals surface area contributed by atoms with Crippen molar-refractivity contribution < 1.29 is 9.59 Å². The highest BCUT2D eigenvalue weighted by Gasteiger charge is 2.16. The number of hydrogen-bond acceptors (Lipinski definition) is 6. The largest absolute Gasteiger partial charge is 0.397 e. The molecule has 0 aliphatic rings. The van der Waals surface area contributed by atoms with E-state index in [2.05, 4.69) is 26.6 Å². The van der Waals surface area contributed by atoms with E-state index in [1.165, 1.54) is 0 Å². The van der Waals surface area contributed by atoms with Crippen LogP contribution in [0.4, 0.5) is 21.9 Å². The van der Waals surface area contributed by atoms with Gasteiger partial charge in [0.1, 0.15) is 5.69 Å². The van der Waals surface area contributed by atoms with Crippen molar-refractivity contribution in [2.75, 3.05) is 43.6 Å². The van der Waals surface area contributed by atoms with E-state index in [4.69, 9.17) is 11.0 Å². The van der Waals surface area contributed by atoms with E-state index in [1.54, 1.807) is 71.8 Å². The molecule has 0 fully saturated rings. The Kier molecular flexibility index (Phi) is 8.76.